The Labute approximate surface area is 172 Å². The smallest absolute Gasteiger partial charge is 0.144 e. The summed E-state index contributed by atoms with van der Waals surface area (Å²) in [6, 6.07) is 29.6. The van der Waals surface area contributed by atoms with Crippen molar-refractivity contribution < 1.29 is 4.42 Å². The van der Waals surface area contributed by atoms with Crippen LogP contribution in [0.4, 0.5) is 0 Å². The molecule has 0 aliphatic carbocycles. The Bertz CT molecular complexity index is 1510. The number of benzene rings is 3. The molecule has 0 saturated heterocycles. The maximum Gasteiger partial charge on any atom is 0.144 e. The highest BCUT2D eigenvalue weighted by molar-refractivity contribution is 7.21. The van der Waals surface area contributed by atoms with E-state index in [1.54, 1.807) is 11.3 Å². The minimum atomic E-state index is 0.899. The van der Waals surface area contributed by atoms with Crippen LogP contribution in [0.15, 0.2) is 89.3 Å². The molecule has 0 N–H and O–H groups in total. The molecule has 0 aliphatic rings. The molecule has 3 aromatic carbocycles. The van der Waals surface area contributed by atoms with Gasteiger partial charge in [-0.3, -0.25) is 0 Å². The van der Waals surface area contributed by atoms with Crippen molar-refractivity contribution in [3.8, 4) is 21.7 Å². The normalized spacial score (nSPS) is 11.6. The summed E-state index contributed by atoms with van der Waals surface area (Å²) in [5, 5.41) is 3.45. The molecule has 0 atom stereocenters. The zero-order valence-electron chi connectivity index (χ0n) is 15.8. The zero-order valence-corrected chi connectivity index (χ0v) is 16.7. The SMILES string of the molecule is Cc1ccc(-c2cc3ccc(-c4cccc5c4oc4ccccc45)nc3s2)cc1. The number of para-hydroxylation sites is 2. The Kier molecular flexibility index (Phi) is 3.58. The van der Waals surface area contributed by atoms with Gasteiger partial charge in [0.25, 0.3) is 0 Å². The highest BCUT2D eigenvalue weighted by atomic mass is 32.1. The number of aryl methyl sites for hydroxylation is 1. The quantitative estimate of drug-likeness (QED) is 0.300. The molecule has 0 bridgehead atoms. The summed E-state index contributed by atoms with van der Waals surface area (Å²) < 4.78 is 6.20. The van der Waals surface area contributed by atoms with Crippen LogP contribution in [0.1, 0.15) is 5.56 Å². The summed E-state index contributed by atoms with van der Waals surface area (Å²) >= 11 is 1.73. The standard InChI is InChI=1S/C26H17NOS/c1-16-9-11-17(12-10-16)24-15-18-13-14-22(27-26(18)29-24)21-7-4-6-20-19-5-2-3-8-23(19)28-25(20)21/h2-15H,1H3. The lowest BCUT2D eigenvalue weighted by atomic mass is 10.1. The molecule has 0 aliphatic heterocycles. The predicted octanol–water partition coefficient (Wildman–Crippen LogP) is 7.84. The number of hydrogen-bond donors (Lipinski definition) is 0. The third-order valence-corrected chi connectivity index (χ3v) is 6.49. The molecule has 0 spiro atoms. The molecule has 0 radical (unpaired) electrons. The van der Waals surface area contributed by atoms with E-state index in [2.05, 4.69) is 73.7 Å². The number of thiophene rings is 1. The van der Waals surface area contributed by atoms with Gasteiger partial charge >= 0.3 is 0 Å². The molecule has 138 valence electrons. The summed E-state index contributed by atoms with van der Waals surface area (Å²) in [7, 11) is 0. The van der Waals surface area contributed by atoms with Crippen molar-refractivity contribution in [2.24, 2.45) is 0 Å². The number of furan rings is 1. The van der Waals surface area contributed by atoms with Gasteiger partial charge in [-0.1, -0.05) is 60.2 Å². The van der Waals surface area contributed by atoms with Crippen LogP contribution in [0.5, 0.6) is 0 Å². The number of aromatic nitrogens is 1. The van der Waals surface area contributed by atoms with E-state index in [0.29, 0.717) is 0 Å². The third kappa shape index (κ3) is 2.66. The van der Waals surface area contributed by atoms with Crippen LogP contribution in [0.2, 0.25) is 0 Å². The Morgan fingerprint density at radius 3 is 2.52 bits per heavy atom. The van der Waals surface area contributed by atoms with E-state index in [9.17, 15) is 0 Å². The van der Waals surface area contributed by atoms with Gasteiger partial charge < -0.3 is 4.42 Å². The van der Waals surface area contributed by atoms with E-state index < -0.39 is 0 Å². The molecule has 0 saturated carbocycles. The Hall–Kier alpha value is -3.43. The van der Waals surface area contributed by atoms with E-state index in [0.717, 1.165) is 38.0 Å². The first-order valence-corrected chi connectivity index (χ1v) is 10.5. The van der Waals surface area contributed by atoms with E-state index >= 15 is 0 Å². The number of rotatable bonds is 2. The maximum absolute atomic E-state index is 6.20. The summed E-state index contributed by atoms with van der Waals surface area (Å²) in [5.41, 5.74) is 6.30. The Morgan fingerprint density at radius 2 is 1.62 bits per heavy atom. The topological polar surface area (TPSA) is 26.0 Å². The average molecular weight is 391 g/mol. The molecule has 6 rings (SSSR count). The minimum Gasteiger partial charge on any atom is -0.455 e. The fourth-order valence-electron chi connectivity index (χ4n) is 3.88. The van der Waals surface area contributed by atoms with Crippen LogP contribution < -0.4 is 0 Å². The summed E-state index contributed by atoms with van der Waals surface area (Å²) in [6.45, 7) is 2.11. The zero-order chi connectivity index (χ0) is 19.4. The van der Waals surface area contributed by atoms with E-state index in [-0.39, 0.29) is 0 Å². The summed E-state index contributed by atoms with van der Waals surface area (Å²) in [6.07, 6.45) is 0. The number of pyridine rings is 1. The van der Waals surface area contributed by atoms with Crippen LogP contribution >= 0.6 is 11.3 Å². The van der Waals surface area contributed by atoms with Crippen molar-refractivity contribution in [2.75, 3.05) is 0 Å². The van der Waals surface area contributed by atoms with Gasteiger partial charge in [-0.15, -0.1) is 11.3 Å². The van der Waals surface area contributed by atoms with Gasteiger partial charge in [-0.05, 0) is 42.8 Å². The fraction of sp³-hybridized carbons (Fsp3) is 0.0385. The molecular weight excluding hydrogens is 374 g/mol. The van der Waals surface area contributed by atoms with Crippen molar-refractivity contribution in [1.82, 2.24) is 4.98 Å². The average Bonchev–Trinajstić information content (AvgIpc) is 3.35. The lowest BCUT2D eigenvalue weighted by Gasteiger charge is -2.02. The lowest BCUT2D eigenvalue weighted by Crippen LogP contribution is -1.83. The molecule has 3 heteroatoms. The first-order chi connectivity index (χ1) is 14.3. The molecule has 29 heavy (non-hydrogen) atoms. The molecule has 2 nitrogen and oxygen atoms in total. The fourth-order valence-corrected chi connectivity index (χ4v) is 4.91. The largest absolute Gasteiger partial charge is 0.455 e. The maximum atomic E-state index is 6.20. The van der Waals surface area contributed by atoms with Gasteiger partial charge in [0.05, 0.1) is 5.69 Å². The van der Waals surface area contributed by atoms with Crippen LogP contribution in [-0.2, 0) is 0 Å². The molecule has 0 unspecified atom stereocenters. The highest BCUT2D eigenvalue weighted by Crippen LogP contribution is 2.37. The number of nitrogens with zero attached hydrogens (tertiary/aromatic N) is 1. The second kappa shape index (κ2) is 6.29. The molecule has 0 amide bonds. The molecule has 0 fully saturated rings. The number of fused-ring (bicyclic) bond motifs is 4. The van der Waals surface area contributed by atoms with Crippen molar-refractivity contribution in [3.63, 3.8) is 0 Å². The molecule has 3 heterocycles. The third-order valence-electron chi connectivity index (χ3n) is 5.40. The van der Waals surface area contributed by atoms with Gasteiger partial charge in [-0.25, -0.2) is 4.98 Å². The van der Waals surface area contributed by atoms with Gasteiger partial charge in [0.2, 0.25) is 0 Å². The first kappa shape index (κ1) is 16.5. The molecular formula is C26H17NOS. The minimum absolute atomic E-state index is 0.899. The summed E-state index contributed by atoms with van der Waals surface area (Å²) in [4.78, 5) is 7.28. The lowest BCUT2D eigenvalue weighted by molar-refractivity contribution is 0.670. The van der Waals surface area contributed by atoms with Crippen molar-refractivity contribution in [1.29, 1.82) is 0 Å². The monoisotopic (exact) mass is 391 g/mol. The van der Waals surface area contributed by atoms with Gasteiger partial charge in [-0.2, -0.15) is 0 Å². The Morgan fingerprint density at radius 1 is 0.793 bits per heavy atom. The van der Waals surface area contributed by atoms with Crippen molar-refractivity contribution in [2.45, 2.75) is 6.92 Å². The van der Waals surface area contributed by atoms with Gasteiger partial charge in [0.15, 0.2) is 0 Å². The first-order valence-electron chi connectivity index (χ1n) is 9.64. The Balaban J connectivity index is 1.52. The second-order valence-corrected chi connectivity index (χ2v) is 8.38. The highest BCUT2D eigenvalue weighted by Gasteiger charge is 2.14. The summed E-state index contributed by atoms with van der Waals surface area (Å²) in [5.74, 6) is 0. The van der Waals surface area contributed by atoms with Gasteiger partial charge in [0, 0.05) is 26.6 Å². The van der Waals surface area contributed by atoms with E-state index in [4.69, 9.17) is 9.40 Å². The van der Waals surface area contributed by atoms with Gasteiger partial charge in [0.1, 0.15) is 16.0 Å². The van der Waals surface area contributed by atoms with E-state index in [1.807, 2.05) is 18.2 Å². The molecule has 3 aromatic heterocycles. The van der Waals surface area contributed by atoms with Crippen LogP contribution in [-0.4, -0.2) is 4.98 Å². The van der Waals surface area contributed by atoms with Crippen molar-refractivity contribution >= 4 is 43.5 Å². The van der Waals surface area contributed by atoms with E-state index in [1.165, 1.54) is 21.4 Å². The predicted molar refractivity (Wildman–Crippen MR) is 123 cm³/mol. The van der Waals surface area contributed by atoms with Crippen LogP contribution in [0.3, 0.4) is 0 Å². The van der Waals surface area contributed by atoms with Crippen LogP contribution in [0.25, 0.3) is 53.9 Å². The second-order valence-electron chi connectivity index (χ2n) is 7.35. The number of hydrogen-bond acceptors (Lipinski definition) is 3. The van der Waals surface area contributed by atoms with Crippen molar-refractivity contribution in [3.05, 3.63) is 90.5 Å². The molecule has 6 aromatic rings. The van der Waals surface area contributed by atoms with Crippen LogP contribution in [0, 0.1) is 6.92 Å².